The fraction of sp³-hybridized carbons (Fsp3) is 0.643. The first-order valence-corrected chi connectivity index (χ1v) is 8.22. The lowest BCUT2D eigenvalue weighted by Gasteiger charge is -2.14. The second kappa shape index (κ2) is 8.83. The number of Topliss-reactive ketones (excluding diaryl/α,β-unsaturated/α-hetero) is 1. The van der Waals surface area contributed by atoms with Crippen LogP contribution < -0.4 is 5.73 Å². The molecule has 0 saturated carbocycles. The lowest BCUT2D eigenvalue weighted by molar-refractivity contribution is -0.118. The fourth-order valence-corrected chi connectivity index (χ4v) is 3.68. The van der Waals surface area contributed by atoms with Crippen LogP contribution >= 0.6 is 27.3 Å². The van der Waals surface area contributed by atoms with E-state index >= 15 is 0 Å². The van der Waals surface area contributed by atoms with E-state index in [2.05, 4.69) is 22.9 Å². The molecule has 1 rings (SSSR count). The molecule has 0 radical (unpaired) electrons. The van der Waals surface area contributed by atoms with Crippen molar-refractivity contribution in [2.75, 3.05) is 6.54 Å². The molecule has 2 nitrogen and oxygen atoms in total. The number of rotatable bonds is 9. The van der Waals surface area contributed by atoms with Crippen LogP contribution in [-0.4, -0.2) is 12.3 Å². The van der Waals surface area contributed by atoms with Gasteiger partial charge in [0.1, 0.15) is 5.78 Å². The average Bonchev–Trinajstić information content (AvgIpc) is 2.72. The zero-order chi connectivity index (χ0) is 13.4. The predicted molar refractivity (Wildman–Crippen MR) is 82.0 cm³/mol. The molecule has 4 heteroatoms. The molecule has 0 aliphatic carbocycles. The minimum Gasteiger partial charge on any atom is -0.330 e. The summed E-state index contributed by atoms with van der Waals surface area (Å²) in [7, 11) is 0. The Labute approximate surface area is 122 Å². The zero-order valence-electron chi connectivity index (χ0n) is 11.0. The van der Waals surface area contributed by atoms with Crippen molar-refractivity contribution in [1.29, 1.82) is 0 Å². The summed E-state index contributed by atoms with van der Waals surface area (Å²) in [6.45, 7) is 2.92. The van der Waals surface area contributed by atoms with E-state index in [1.807, 2.05) is 12.1 Å². The van der Waals surface area contributed by atoms with Crippen LogP contribution in [0.4, 0.5) is 0 Å². The van der Waals surface area contributed by atoms with E-state index in [9.17, 15) is 4.79 Å². The summed E-state index contributed by atoms with van der Waals surface area (Å²) >= 11 is 5.07. The monoisotopic (exact) mass is 331 g/mol. The molecule has 0 aromatic carbocycles. The maximum atomic E-state index is 11.9. The van der Waals surface area contributed by atoms with Crippen LogP contribution in [0.2, 0.25) is 0 Å². The van der Waals surface area contributed by atoms with Crippen molar-refractivity contribution in [3.63, 3.8) is 0 Å². The summed E-state index contributed by atoms with van der Waals surface area (Å²) in [5.41, 5.74) is 5.60. The molecule has 1 atom stereocenters. The minimum absolute atomic E-state index is 0.350. The van der Waals surface area contributed by atoms with E-state index < -0.39 is 0 Å². The molecule has 0 fully saturated rings. The minimum atomic E-state index is 0.350. The Balaban J connectivity index is 2.30. The van der Waals surface area contributed by atoms with E-state index in [4.69, 9.17) is 5.73 Å². The summed E-state index contributed by atoms with van der Waals surface area (Å²) in [6.07, 6.45) is 5.69. The molecule has 1 aromatic rings. The standard InChI is InChI=1S/C14H22BrNOS/c1-2-3-11(8-9-16)4-5-12(17)10-13-6-7-14(15)18-13/h6-7,11H,2-5,8-10,16H2,1H3. The van der Waals surface area contributed by atoms with Crippen molar-refractivity contribution in [3.05, 3.63) is 20.8 Å². The molecular formula is C14H22BrNOS. The van der Waals surface area contributed by atoms with Crippen molar-refractivity contribution >= 4 is 33.0 Å². The van der Waals surface area contributed by atoms with E-state index in [0.717, 1.165) is 28.0 Å². The summed E-state index contributed by atoms with van der Waals surface area (Å²) in [5.74, 6) is 0.974. The first kappa shape index (κ1) is 15.9. The van der Waals surface area contributed by atoms with E-state index in [0.29, 0.717) is 24.5 Å². The van der Waals surface area contributed by atoms with E-state index in [-0.39, 0.29) is 0 Å². The molecule has 1 heterocycles. The maximum absolute atomic E-state index is 11.9. The normalized spacial score (nSPS) is 12.6. The van der Waals surface area contributed by atoms with E-state index in [1.54, 1.807) is 11.3 Å². The molecule has 0 amide bonds. The van der Waals surface area contributed by atoms with Gasteiger partial charge >= 0.3 is 0 Å². The summed E-state index contributed by atoms with van der Waals surface area (Å²) < 4.78 is 1.09. The first-order chi connectivity index (χ1) is 8.65. The van der Waals surface area contributed by atoms with Gasteiger partial charge in [-0.25, -0.2) is 0 Å². The number of hydrogen-bond donors (Lipinski definition) is 1. The van der Waals surface area contributed by atoms with Crippen molar-refractivity contribution < 1.29 is 4.79 Å². The van der Waals surface area contributed by atoms with Gasteiger partial charge in [-0.15, -0.1) is 11.3 Å². The lowest BCUT2D eigenvalue weighted by atomic mass is 9.93. The molecule has 102 valence electrons. The number of hydrogen-bond acceptors (Lipinski definition) is 3. The molecule has 0 bridgehead atoms. The van der Waals surface area contributed by atoms with Gasteiger partial charge in [-0.1, -0.05) is 19.8 Å². The maximum Gasteiger partial charge on any atom is 0.138 e. The quantitative estimate of drug-likeness (QED) is 0.738. The van der Waals surface area contributed by atoms with Crippen molar-refractivity contribution in [2.24, 2.45) is 11.7 Å². The first-order valence-electron chi connectivity index (χ1n) is 6.61. The number of carbonyl (C=O) groups excluding carboxylic acids is 1. The highest BCUT2D eigenvalue weighted by atomic mass is 79.9. The molecule has 2 N–H and O–H groups in total. The highest BCUT2D eigenvalue weighted by molar-refractivity contribution is 9.11. The Morgan fingerprint density at radius 1 is 1.39 bits per heavy atom. The molecule has 18 heavy (non-hydrogen) atoms. The van der Waals surface area contributed by atoms with Gasteiger partial charge in [0.2, 0.25) is 0 Å². The highest BCUT2D eigenvalue weighted by Crippen LogP contribution is 2.23. The second-order valence-electron chi connectivity index (χ2n) is 4.69. The van der Waals surface area contributed by atoms with Crippen LogP contribution in [0.1, 0.15) is 43.9 Å². The van der Waals surface area contributed by atoms with Crippen LogP contribution in [0.15, 0.2) is 15.9 Å². The summed E-state index contributed by atoms with van der Waals surface area (Å²) in [4.78, 5) is 13.0. The van der Waals surface area contributed by atoms with Crippen molar-refractivity contribution in [1.82, 2.24) is 0 Å². The van der Waals surface area contributed by atoms with Gasteiger partial charge in [0.25, 0.3) is 0 Å². The topological polar surface area (TPSA) is 43.1 Å². The molecule has 1 aromatic heterocycles. The molecule has 0 aliphatic heterocycles. The van der Waals surface area contributed by atoms with Crippen LogP contribution in [0.5, 0.6) is 0 Å². The van der Waals surface area contributed by atoms with Crippen LogP contribution in [0.3, 0.4) is 0 Å². The van der Waals surface area contributed by atoms with Crippen LogP contribution in [-0.2, 0) is 11.2 Å². The average molecular weight is 332 g/mol. The van der Waals surface area contributed by atoms with Gasteiger partial charge in [0, 0.05) is 17.7 Å². The van der Waals surface area contributed by atoms with Gasteiger partial charge in [-0.05, 0) is 53.4 Å². The fourth-order valence-electron chi connectivity index (χ4n) is 2.17. The largest absolute Gasteiger partial charge is 0.330 e. The highest BCUT2D eigenvalue weighted by Gasteiger charge is 2.11. The summed E-state index contributed by atoms with van der Waals surface area (Å²) in [6, 6.07) is 4.03. The van der Waals surface area contributed by atoms with E-state index in [1.165, 1.54) is 12.8 Å². The number of ketones is 1. The Morgan fingerprint density at radius 2 is 2.17 bits per heavy atom. The van der Waals surface area contributed by atoms with Gasteiger partial charge in [-0.2, -0.15) is 0 Å². The van der Waals surface area contributed by atoms with Crippen molar-refractivity contribution in [3.8, 4) is 0 Å². The predicted octanol–water partition coefficient (Wildman–Crippen LogP) is 4.17. The lowest BCUT2D eigenvalue weighted by Crippen LogP contribution is -2.11. The number of thiophene rings is 1. The Morgan fingerprint density at radius 3 is 2.72 bits per heavy atom. The van der Waals surface area contributed by atoms with Gasteiger partial charge in [0.15, 0.2) is 0 Å². The molecular weight excluding hydrogens is 310 g/mol. The molecule has 1 unspecified atom stereocenters. The Kier molecular flexibility index (Phi) is 7.79. The van der Waals surface area contributed by atoms with Crippen LogP contribution in [0, 0.1) is 5.92 Å². The molecule has 0 aliphatic rings. The SMILES string of the molecule is CCCC(CCN)CCC(=O)Cc1ccc(Br)s1. The third-order valence-corrected chi connectivity index (χ3v) is 4.73. The molecule has 0 saturated heterocycles. The summed E-state index contributed by atoms with van der Waals surface area (Å²) in [5, 5.41) is 0. The smallest absolute Gasteiger partial charge is 0.138 e. The van der Waals surface area contributed by atoms with Gasteiger partial charge in [-0.3, -0.25) is 4.79 Å². The Hall–Kier alpha value is -0.190. The number of carbonyl (C=O) groups is 1. The number of halogens is 1. The van der Waals surface area contributed by atoms with Gasteiger partial charge in [0.05, 0.1) is 3.79 Å². The van der Waals surface area contributed by atoms with Crippen LogP contribution in [0.25, 0.3) is 0 Å². The zero-order valence-corrected chi connectivity index (χ0v) is 13.4. The molecule has 0 spiro atoms. The second-order valence-corrected chi connectivity index (χ2v) is 7.24. The Bertz CT molecular complexity index is 358. The van der Waals surface area contributed by atoms with Gasteiger partial charge < -0.3 is 5.73 Å². The van der Waals surface area contributed by atoms with Crippen molar-refractivity contribution in [2.45, 2.75) is 45.4 Å². The third kappa shape index (κ3) is 6.12. The number of nitrogens with two attached hydrogens (primary N) is 1. The third-order valence-electron chi connectivity index (χ3n) is 3.10.